The highest BCUT2D eigenvalue weighted by Crippen LogP contribution is 2.18. The summed E-state index contributed by atoms with van der Waals surface area (Å²) in [6.45, 7) is 5.54. The molecule has 1 N–H and O–H groups in total. The van der Waals surface area contributed by atoms with Gasteiger partial charge in [0.1, 0.15) is 5.75 Å². The zero-order valence-electron chi connectivity index (χ0n) is 12.0. The number of amides is 1. The predicted molar refractivity (Wildman–Crippen MR) is 80.2 cm³/mol. The molecule has 0 saturated carbocycles. The second kappa shape index (κ2) is 8.77. The van der Waals surface area contributed by atoms with Crippen molar-refractivity contribution < 1.29 is 9.53 Å². The number of carbonyl (C=O) groups is 1. The first-order chi connectivity index (χ1) is 8.54. The van der Waals surface area contributed by atoms with Crippen LogP contribution in [0.25, 0.3) is 0 Å². The molecule has 1 amide bonds. The van der Waals surface area contributed by atoms with E-state index >= 15 is 0 Å². The second-order valence-corrected chi connectivity index (χ2v) is 4.48. The Kier molecular flexibility index (Phi) is 8.19. The lowest BCUT2D eigenvalue weighted by molar-refractivity contribution is -0.132. The summed E-state index contributed by atoms with van der Waals surface area (Å²) in [6.07, 6.45) is 0. The van der Waals surface area contributed by atoms with Gasteiger partial charge in [-0.1, -0.05) is 12.1 Å². The molecule has 0 spiro atoms. The van der Waals surface area contributed by atoms with Crippen molar-refractivity contribution in [3.8, 4) is 5.75 Å². The SMILES string of the molecule is CNCCN(C)C(=O)COc1cc(C)ccc1C.Cl. The zero-order valence-corrected chi connectivity index (χ0v) is 12.8. The Balaban J connectivity index is 0.00000324. The van der Waals surface area contributed by atoms with Crippen LogP contribution >= 0.6 is 12.4 Å². The van der Waals surface area contributed by atoms with Crippen LogP contribution < -0.4 is 10.1 Å². The minimum Gasteiger partial charge on any atom is -0.483 e. The minimum atomic E-state index is -0.00819. The molecule has 1 aromatic carbocycles. The van der Waals surface area contributed by atoms with Gasteiger partial charge in [-0.05, 0) is 38.1 Å². The molecule has 0 bridgehead atoms. The first-order valence-corrected chi connectivity index (χ1v) is 6.13. The quantitative estimate of drug-likeness (QED) is 0.867. The Bertz CT molecular complexity index is 410. The van der Waals surface area contributed by atoms with Gasteiger partial charge < -0.3 is 15.0 Å². The van der Waals surface area contributed by atoms with Crippen LogP contribution in [-0.4, -0.2) is 44.6 Å². The fourth-order valence-corrected chi connectivity index (χ4v) is 1.52. The molecule has 1 rings (SSSR count). The van der Waals surface area contributed by atoms with Crippen molar-refractivity contribution in [2.45, 2.75) is 13.8 Å². The molecule has 5 heteroatoms. The molecule has 0 unspecified atom stereocenters. The molecular weight excluding hydrogens is 264 g/mol. The molecule has 0 aliphatic rings. The first-order valence-electron chi connectivity index (χ1n) is 6.13. The number of carbonyl (C=O) groups excluding carboxylic acids is 1. The van der Waals surface area contributed by atoms with Crippen LogP contribution in [0.5, 0.6) is 5.75 Å². The van der Waals surface area contributed by atoms with Crippen LogP contribution in [0, 0.1) is 13.8 Å². The number of hydrogen-bond acceptors (Lipinski definition) is 3. The standard InChI is InChI=1S/C14H22N2O2.ClH/c1-11-5-6-12(2)13(9-11)18-10-14(17)16(4)8-7-15-3;/h5-6,9,15H,7-8,10H2,1-4H3;1H. The zero-order chi connectivity index (χ0) is 13.5. The van der Waals surface area contributed by atoms with E-state index < -0.39 is 0 Å². The van der Waals surface area contributed by atoms with Crippen LogP contribution in [0.15, 0.2) is 18.2 Å². The number of rotatable bonds is 6. The molecule has 19 heavy (non-hydrogen) atoms. The molecular formula is C14H23ClN2O2. The van der Waals surface area contributed by atoms with Gasteiger partial charge in [-0.25, -0.2) is 0 Å². The Morgan fingerprint density at radius 3 is 2.68 bits per heavy atom. The fraction of sp³-hybridized carbons (Fsp3) is 0.500. The van der Waals surface area contributed by atoms with Gasteiger partial charge >= 0.3 is 0 Å². The van der Waals surface area contributed by atoms with E-state index in [0.29, 0.717) is 6.54 Å². The van der Waals surface area contributed by atoms with E-state index in [4.69, 9.17) is 4.74 Å². The van der Waals surface area contributed by atoms with Gasteiger partial charge in [-0.15, -0.1) is 12.4 Å². The number of nitrogens with one attached hydrogen (secondary N) is 1. The van der Waals surface area contributed by atoms with Crippen LogP contribution in [0.3, 0.4) is 0 Å². The van der Waals surface area contributed by atoms with Gasteiger partial charge in [-0.2, -0.15) is 0 Å². The summed E-state index contributed by atoms with van der Waals surface area (Å²) in [5.41, 5.74) is 2.18. The average molecular weight is 287 g/mol. The molecule has 0 radical (unpaired) electrons. The second-order valence-electron chi connectivity index (χ2n) is 4.48. The average Bonchev–Trinajstić information content (AvgIpc) is 2.36. The molecule has 1 aromatic rings. The van der Waals surface area contributed by atoms with Crippen molar-refractivity contribution in [2.75, 3.05) is 33.8 Å². The van der Waals surface area contributed by atoms with Crippen molar-refractivity contribution in [1.82, 2.24) is 10.2 Å². The highest BCUT2D eigenvalue weighted by molar-refractivity contribution is 5.85. The number of aryl methyl sites for hydroxylation is 2. The van der Waals surface area contributed by atoms with Crippen LogP contribution in [0.4, 0.5) is 0 Å². The lowest BCUT2D eigenvalue weighted by Crippen LogP contribution is -2.35. The molecule has 0 aliphatic heterocycles. The summed E-state index contributed by atoms with van der Waals surface area (Å²) in [5, 5.41) is 3.01. The fourth-order valence-electron chi connectivity index (χ4n) is 1.52. The van der Waals surface area contributed by atoms with Gasteiger partial charge in [0.05, 0.1) is 0 Å². The third-order valence-corrected chi connectivity index (χ3v) is 2.82. The maximum Gasteiger partial charge on any atom is 0.260 e. The van der Waals surface area contributed by atoms with Gasteiger partial charge in [0, 0.05) is 20.1 Å². The van der Waals surface area contributed by atoms with Crippen LogP contribution in [0.2, 0.25) is 0 Å². The summed E-state index contributed by atoms with van der Waals surface area (Å²) in [7, 11) is 3.65. The van der Waals surface area contributed by atoms with E-state index in [1.807, 2.05) is 39.1 Å². The number of hydrogen-bond donors (Lipinski definition) is 1. The van der Waals surface area contributed by atoms with Crippen molar-refractivity contribution in [2.24, 2.45) is 0 Å². The normalized spacial score (nSPS) is 9.68. The lowest BCUT2D eigenvalue weighted by atomic mass is 10.1. The van der Waals surface area contributed by atoms with Gasteiger partial charge in [-0.3, -0.25) is 4.79 Å². The number of ether oxygens (including phenoxy) is 1. The van der Waals surface area contributed by atoms with E-state index in [2.05, 4.69) is 5.32 Å². The molecule has 4 nitrogen and oxygen atoms in total. The van der Waals surface area contributed by atoms with Crippen molar-refractivity contribution in [3.63, 3.8) is 0 Å². The molecule has 0 aliphatic carbocycles. The van der Waals surface area contributed by atoms with E-state index in [0.717, 1.165) is 23.4 Å². The molecule has 0 atom stereocenters. The lowest BCUT2D eigenvalue weighted by Gasteiger charge is -2.17. The number of benzene rings is 1. The van der Waals surface area contributed by atoms with Gasteiger partial charge in [0.25, 0.3) is 5.91 Å². The van der Waals surface area contributed by atoms with Crippen molar-refractivity contribution in [1.29, 1.82) is 0 Å². The van der Waals surface area contributed by atoms with E-state index in [1.54, 1.807) is 11.9 Å². The molecule has 0 saturated heterocycles. The molecule has 108 valence electrons. The minimum absolute atomic E-state index is 0. The third-order valence-electron chi connectivity index (χ3n) is 2.82. The number of halogens is 1. The summed E-state index contributed by atoms with van der Waals surface area (Å²) in [5.74, 6) is 0.775. The van der Waals surface area contributed by atoms with Crippen molar-refractivity contribution in [3.05, 3.63) is 29.3 Å². The monoisotopic (exact) mass is 286 g/mol. The summed E-state index contributed by atoms with van der Waals surface area (Å²) >= 11 is 0. The Labute approximate surface area is 121 Å². The maximum atomic E-state index is 11.8. The smallest absolute Gasteiger partial charge is 0.260 e. The van der Waals surface area contributed by atoms with E-state index in [-0.39, 0.29) is 24.9 Å². The van der Waals surface area contributed by atoms with Crippen molar-refractivity contribution >= 4 is 18.3 Å². The Morgan fingerprint density at radius 2 is 2.05 bits per heavy atom. The largest absolute Gasteiger partial charge is 0.483 e. The summed E-state index contributed by atoms with van der Waals surface area (Å²) < 4.78 is 5.57. The maximum absolute atomic E-state index is 11.8. The third kappa shape index (κ3) is 5.94. The predicted octanol–water partition coefficient (Wildman–Crippen LogP) is 1.78. The Morgan fingerprint density at radius 1 is 1.37 bits per heavy atom. The number of likely N-dealkylation sites (N-methyl/N-ethyl adjacent to an activating group) is 2. The summed E-state index contributed by atoms with van der Waals surface area (Å²) in [4.78, 5) is 13.5. The highest BCUT2D eigenvalue weighted by atomic mass is 35.5. The van der Waals surface area contributed by atoms with E-state index in [9.17, 15) is 4.79 Å². The van der Waals surface area contributed by atoms with Crippen LogP contribution in [0.1, 0.15) is 11.1 Å². The van der Waals surface area contributed by atoms with Gasteiger partial charge in [0.2, 0.25) is 0 Å². The summed E-state index contributed by atoms with van der Waals surface area (Å²) in [6, 6.07) is 5.99. The molecule has 0 fully saturated rings. The van der Waals surface area contributed by atoms with E-state index in [1.165, 1.54) is 0 Å². The molecule has 0 aromatic heterocycles. The molecule has 0 heterocycles. The number of nitrogens with zero attached hydrogens (tertiary/aromatic N) is 1. The van der Waals surface area contributed by atoms with Crippen LogP contribution in [-0.2, 0) is 4.79 Å². The highest BCUT2D eigenvalue weighted by Gasteiger charge is 2.09. The Hall–Kier alpha value is -1.26. The topological polar surface area (TPSA) is 41.6 Å². The van der Waals surface area contributed by atoms with Gasteiger partial charge in [0.15, 0.2) is 6.61 Å². The first kappa shape index (κ1) is 17.7.